The first-order chi connectivity index (χ1) is 16.6. The largest absolute Gasteiger partial charge is 0.378 e. The Morgan fingerprint density at radius 1 is 1.06 bits per heavy atom. The van der Waals surface area contributed by atoms with Gasteiger partial charge in [0.25, 0.3) is 11.1 Å². The molecule has 0 atom stereocenters. The summed E-state index contributed by atoms with van der Waals surface area (Å²) in [7, 11) is 0. The number of benzene rings is 2. The van der Waals surface area contributed by atoms with Crippen molar-refractivity contribution in [2.75, 3.05) is 31.2 Å². The molecule has 3 heterocycles. The van der Waals surface area contributed by atoms with E-state index in [2.05, 4.69) is 13.0 Å². The Morgan fingerprint density at radius 2 is 1.82 bits per heavy atom. The Kier molecular flexibility index (Phi) is 6.26. The fourth-order valence-electron chi connectivity index (χ4n) is 4.46. The number of hydrogen-bond donors (Lipinski definition) is 0. The number of rotatable bonds is 5. The minimum Gasteiger partial charge on any atom is -0.378 e. The van der Waals surface area contributed by atoms with Crippen molar-refractivity contribution in [2.45, 2.75) is 19.9 Å². The smallest absolute Gasteiger partial charge is 0.298 e. The van der Waals surface area contributed by atoms with Gasteiger partial charge in [0.2, 0.25) is 5.91 Å². The zero-order chi connectivity index (χ0) is 23.7. The van der Waals surface area contributed by atoms with Crippen molar-refractivity contribution in [1.82, 2.24) is 9.47 Å². The maximum absolute atomic E-state index is 13.1. The lowest BCUT2D eigenvalue weighted by molar-refractivity contribution is -0.135. The van der Waals surface area contributed by atoms with Gasteiger partial charge in [-0.2, -0.15) is 0 Å². The topological polar surface area (TPSA) is 71.9 Å². The number of carbonyl (C=O) groups is 3. The van der Waals surface area contributed by atoms with Crippen LogP contribution in [0.15, 0.2) is 59.6 Å². The van der Waals surface area contributed by atoms with E-state index in [9.17, 15) is 14.4 Å². The van der Waals surface area contributed by atoms with Crippen molar-refractivity contribution >= 4 is 51.5 Å². The fourth-order valence-corrected chi connectivity index (χ4v) is 5.29. The van der Waals surface area contributed by atoms with E-state index in [1.165, 1.54) is 4.90 Å². The van der Waals surface area contributed by atoms with Crippen molar-refractivity contribution in [3.05, 3.63) is 70.8 Å². The number of hydrogen-bond acceptors (Lipinski definition) is 5. The van der Waals surface area contributed by atoms with Crippen LogP contribution < -0.4 is 4.90 Å². The van der Waals surface area contributed by atoms with Crippen LogP contribution in [0.25, 0.3) is 17.0 Å². The molecule has 0 saturated carbocycles. The molecule has 2 fully saturated rings. The Hall–Kier alpha value is -3.36. The molecule has 0 aliphatic carbocycles. The molecule has 2 aromatic carbocycles. The van der Waals surface area contributed by atoms with E-state index < -0.39 is 0 Å². The molecule has 0 bridgehead atoms. The van der Waals surface area contributed by atoms with Crippen LogP contribution in [-0.4, -0.2) is 52.8 Å². The molecule has 5 rings (SSSR count). The van der Waals surface area contributed by atoms with Gasteiger partial charge in [0.05, 0.1) is 29.3 Å². The highest BCUT2D eigenvalue weighted by molar-refractivity contribution is 8.19. The Labute approximate surface area is 202 Å². The molecular formula is C26H25N3O4S. The second-order valence-electron chi connectivity index (χ2n) is 8.23. The molecule has 0 unspecified atom stereocenters. The number of nitrogens with zero attached hydrogens (tertiary/aromatic N) is 3. The molecule has 0 radical (unpaired) electrons. The normalized spacial score (nSPS) is 17.9. The third kappa shape index (κ3) is 4.15. The zero-order valence-corrected chi connectivity index (χ0v) is 19.7. The number of thioether (sulfide) groups is 1. The van der Waals surface area contributed by atoms with E-state index in [1.807, 2.05) is 33.9 Å². The van der Waals surface area contributed by atoms with Gasteiger partial charge in [-0.3, -0.25) is 14.4 Å². The van der Waals surface area contributed by atoms with Gasteiger partial charge in [-0.15, -0.1) is 0 Å². The van der Waals surface area contributed by atoms with Crippen molar-refractivity contribution in [1.29, 1.82) is 0 Å². The van der Waals surface area contributed by atoms with Crippen LogP contribution in [0.1, 0.15) is 18.1 Å². The Bertz CT molecular complexity index is 1290. The predicted octanol–water partition coefficient (Wildman–Crippen LogP) is 4.30. The quantitative estimate of drug-likeness (QED) is 0.515. The lowest BCUT2D eigenvalue weighted by atomic mass is 10.1. The molecule has 3 amide bonds. The summed E-state index contributed by atoms with van der Waals surface area (Å²) in [4.78, 5) is 42.1. The third-order valence-electron chi connectivity index (χ3n) is 6.16. The Balaban J connectivity index is 1.51. The van der Waals surface area contributed by atoms with Gasteiger partial charge < -0.3 is 14.2 Å². The number of imide groups is 1. The summed E-state index contributed by atoms with van der Waals surface area (Å²) < 4.78 is 7.34. The van der Waals surface area contributed by atoms with Crippen LogP contribution in [0.3, 0.4) is 0 Å². The van der Waals surface area contributed by atoms with E-state index >= 15 is 0 Å². The SMILES string of the molecule is CCc1cccc2c(/C=C3/SC(=O)N(c4ccccc4)C3=O)cn(CC(=O)N3CCOCC3)c12. The molecule has 0 spiro atoms. The summed E-state index contributed by atoms with van der Waals surface area (Å²) >= 11 is 0.936. The standard InChI is InChI=1S/C26H25N3O4S/c1-2-18-7-6-10-21-19(16-28(24(18)21)17-23(30)27-11-13-33-14-12-27)15-22-25(31)29(26(32)34-22)20-8-4-3-5-9-20/h3-10,15-16H,2,11-14,17H2,1H3/b22-15+. The van der Waals surface area contributed by atoms with E-state index in [1.54, 1.807) is 30.3 Å². The van der Waals surface area contributed by atoms with Crippen LogP contribution in [0, 0.1) is 0 Å². The Morgan fingerprint density at radius 3 is 2.56 bits per heavy atom. The molecule has 3 aromatic rings. The average Bonchev–Trinajstić information content (AvgIpc) is 3.36. The lowest BCUT2D eigenvalue weighted by Gasteiger charge is -2.27. The number of morpholine rings is 1. The highest BCUT2D eigenvalue weighted by Crippen LogP contribution is 2.37. The first kappa shape index (κ1) is 22.4. The summed E-state index contributed by atoms with van der Waals surface area (Å²) in [6, 6.07) is 15.0. The van der Waals surface area contributed by atoms with Gasteiger partial charge in [0.1, 0.15) is 6.54 Å². The molecule has 34 heavy (non-hydrogen) atoms. The highest BCUT2D eigenvalue weighted by Gasteiger charge is 2.36. The molecule has 2 saturated heterocycles. The number of para-hydroxylation sites is 2. The van der Waals surface area contributed by atoms with Gasteiger partial charge >= 0.3 is 0 Å². The summed E-state index contributed by atoms with van der Waals surface area (Å²) in [5.41, 5.74) is 3.49. The third-order valence-corrected chi connectivity index (χ3v) is 7.03. The first-order valence-corrected chi connectivity index (χ1v) is 12.2. The zero-order valence-electron chi connectivity index (χ0n) is 18.9. The number of aryl methyl sites for hydroxylation is 1. The number of carbonyl (C=O) groups excluding carboxylic acids is 3. The van der Waals surface area contributed by atoms with E-state index in [4.69, 9.17) is 4.74 Å². The van der Waals surface area contributed by atoms with Gasteiger partial charge in [0, 0.05) is 30.2 Å². The van der Waals surface area contributed by atoms with E-state index in [0.717, 1.165) is 40.2 Å². The molecule has 0 N–H and O–H groups in total. The number of aromatic nitrogens is 1. The molecule has 2 aliphatic rings. The van der Waals surface area contributed by atoms with Crippen LogP contribution >= 0.6 is 11.8 Å². The summed E-state index contributed by atoms with van der Waals surface area (Å²) in [5.74, 6) is -0.291. The van der Waals surface area contributed by atoms with Crippen molar-refractivity contribution < 1.29 is 19.1 Å². The second kappa shape index (κ2) is 9.48. The molecule has 174 valence electrons. The maximum atomic E-state index is 13.1. The second-order valence-corrected chi connectivity index (χ2v) is 9.22. The van der Waals surface area contributed by atoms with Crippen molar-refractivity contribution in [3.63, 3.8) is 0 Å². The maximum Gasteiger partial charge on any atom is 0.298 e. The average molecular weight is 476 g/mol. The highest BCUT2D eigenvalue weighted by atomic mass is 32.2. The monoisotopic (exact) mass is 475 g/mol. The number of anilines is 1. The molecule has 1 aromatic heterocycles. The van der Waals surface area contributed by atoms with Crippen LogP contribution in [0.2, 0.25) is 0 Å². The minimum atomic E-state index is -0.335. The van der Waals surface area contributed by atoms with Gasteiger partial charge in [-0.05, 0) is 42.0 Å². The first-order valence-electron chi connectivity index (χ1n) is 11.4. The molecule has 2 aliphatic heterocycles. The molecule has 8 heteroatoms. The van der Waals surface area contributed by atoms with E-state index in [0.29, 0.717) is 36.9 Å². The van der Waals surface area contributed by atoms with Crippen LogP contribution in [0.4, 0.5) is 10.5 Å². The summed E-state index contributed by atoms with van der Waals surface area (Å²) in [5, 5.41) is 0.642. The van der Waals surface area contributed by atoms with Crippen LogP contribution in [-0.2, 0) is 27.3 Å². The van der Waals surface area contributed by atoms with Gasteiger partial charge in [-0.25, -0.2) is 4.90 Å². The number of amides is 3. The summed E-state index contributed by atoms with van der Waals surface area (Å²) in [6.45, 7) is 4.60. The van der Waals surface area contributed by atoms with Crippen molar-refractivity contribution in [2.24, 2.45) is 0 Å². The molecular weight excluding hydrogens is 450 g/mol. The van der Waals surface area contributed by atoms with Gasteiger partial charge in [0.15, 0.2) is 0 Å². The number of fused-ring (bicyclic) bond motifs is 1. The van der Waals surface area contributed by atoms with Crippen molar-refractivity contribution in [3.8, 4) is 0 Å². The molecule has 7 nitrogen and oxygen atoms in total. The lowest BCUT2D eigenvalue weighted by Crippen LogP contribution is -2.42. The van der Waals surface area contributed by atoms with Crippen LogP contribution in [0.5, 0.6) is 0 Å². The minimum absolute atomic E-state index is 0.0436. The fraction of sp³-hybridized carbons (Fsp3) is 0.269. The number of ether oxygens (including phenoxy) is 1. The predicted molar refractivity (Wildman–Crippen MR) is 134 cm³/mol. The summed E-state index contributed by atoms with van der Waals surface area (Å²) in [6.07, 6.45) is 4.50. The van der Waals surface area contributed by atoms with E-state index in [-0.39, 0.29) is 23.6 Å². The van der Waals surface area contributed by atoms with Gasteiger partial charge in [-0.1, -0.05) is 43.3 Å².